The van der Waals surface area contributed by atoms with Crippen LogP contribution in [0.3, 0.4) is 0 Å². The molecule has 0 bridgehead atoms. The smallest absolute Gasteiger partial charge is 0.236 e. The van der Waals surface area contributed by atoms with E-state index in [0.29, 0.717) is 6.54 Å². The summed E-state index contributed by atoms with van der Waals surface area (Å²) in [6, 6.07) is 1.57. The molecule has 0 rings (SSSR count). The Bertz CT molecular complexity index is 203. The number of carbonyl (C=O) groups excluding carboxylic acids is 1. The maximum atomic E-state index is 11.0. The molecule has 0 aromatic heterocycles. The molecular formula is C8H15N3O. The van der Waals surface area contributed by atoms with E-state index < -0.39 is 11.5 Å². The first-order valence-corrected chi connectivity index (χ1v) is 3.83. The summed E-state index contributed by atoms with van der Waals surface area (Å²) in [4.78, 5) is 11.0. The van der Waals surface area contributed by atoms with Crippen molar-refractivity contribution in [3.05, 3.63) is 0 Å². The molecule has 4 heteroatoms. The first-order chi connectivity index (χ1) is 5.39. The lowest BCUT2D eigenvalue weighted by Crippen LogP contribution is -2.42. The topological polar surface area (TPSA) is 78.9 Å². The van der Waals surface area contributed by atoms with Crippen LogP contribution in [0.15, 0.2) is 0 Å². The molecule has 0 heterocycles. The van der Waals surface area contributed by atoms with Crippen molar-refractivity contribution in [1.29, 1.82) is 5.26 Å². The van der Waals surface area contributed by atoms with Gasteiger partial charge in [0.1, 0.15) is 0 Å². The second kappa shape index (κ2) is 4.07. The van der Waals surface area contributed by atoms with E-state index in [0.717, 1.165) is 0 Å². The van der Waals surface area contributed by atoms with Gasteiger partial charge in [0.25, 0.3) is 0 Å². The molecule has 0 aliphatic heterocycles. The predicted octanol–water partition coefficient (Wildman–Crippen LogP) is -0.000420. The highest BCUT2D eigenvalue weighted by molar-refractivity contribution is 5.80. The second-order valence-corrected chi connectivity index (χ2v) is 3.50. The molecule has 0 radical (unpaired) electrons. The van der Waals surface area contributed by atoms with E-state index >= 15 is 0 Å². The van der Waals surface area contributed by atoms with Gasteiger partial charge < -0.3 is 11.1 Å². The highest BCUT2D eigenvalue weighted by atomic mass is 16.2. The molecule has 12 heavy (non-hydrogen) atoms. The zero-order chi connectivity index (χ0) is 9.78. The van der Waals surface area contributed by atoms with E-state index in [1.807, 2.05) is 0 Å². The molecule has 68 valence electrons. The van der Waals surface area contributed by atoms with Crippen LogP contribution < -0.4 is 11.1 Å². The fourth-order valence-corrected chi connectivity index (χ4v) is 0.509. The Labute approximate surface area is 72.7 Å². The van der Waals surface area contributed by atoms with Gasteiger partial charge in [-0.3, -0.25) is 4.79 Å². The number of nitriles is 1. The molecule has 3 N–H and O–H groups in total. The van der Waals surface area contributed by atoms with E-state index in [4.69, 9.17) is 11.0 Å². The highest BCUT2D eigenvalue weighted by Crippen LogP contribution is 2.10. The summed E-state index contributed by atoms with van der Waals surface area (Å²) in [5, 5.41) is 11.2. The van der Waals surface area contributed by atoms with Crippen LogP contribution in [0.25, 0.3) is 0 Å². The predicted molar refractivity (Wildman–Crippen MR) is 46.1 cm³/mol. The number of hydrogen-bond donors (Lipinski definition) is 2. The molecule has 1 amide bonds. The van der Waals surface area contributed by atoms with Crippen molar-refractivity contribution in [2.75, 3.05) is 6.54 Å². The molecule has 0 aromatic rings. The van der Waals surface area contributed by atoms with Crippen molar-refractivity contribution in [1.82, 2.24) is 5.32 Å². The van der Waals surface area contributed by atoms with Crippen LogP contribution in [-0.2, 0) is 4.79 Å². The largest absolute Gasteiger partial charge is 0.353 e. The highest BCUT2D eigenvalue weighted by Gasteiger charge is 2.18. The minimum Gasteiger partial charge on any atom is -0.353 e. The Kier molecular flexibility index (Phi) is 3.71. The number of nitrogens with zero attached hydrogens (tertiary/aromatic N) is 1. The average molecular weight is 169 g/mol. The van der Waals surface area contributed by atoms with Crippen LogP contribution in [0.1, 0.15) is 20.8 Å². The summed E-state index contributed by atoms with van der Waals surface area (Å²) < 4.78 is 0. The third-order valence-electron chi connectivity index (χ3n) is 1.42. The molecule has 0 saturated carbocycles. The fourth-order valence-electron chi connectivity index (χ4n) is 0.509. The molecule has 0 aromatic carbocycles. The van der Waals surface area contributed by atoms with Gasteiger partial charge in [0.05, 0.1) is 17.5 Å². The van der Waals surface area contributed by atoms with Gasteiger partial charge in [-0.05, 0) is 20.8 Å². The maximum Gasteiger partial charge on any atom is 0.236 e. The number of carbonyl (C=O) groups is 1. The molecule has 0 fully saturated rings. The van der Waals surface area contributed by atoms with Crippen LogP contribution >= 0.6 is 0 Å². The van der Waals surface area contributed by atoms with Gasteiger partial charge in [-0.15, -0.1) is 0 Å². The Hall–Kier alpha value is -1.08. The number of nitrogens with two attached hydrogens (primary N) is 1. The van der Waals surface area contributed by atoms with Gasteiger partial charge in [-0.25, -0.2) is 0 Å². The first-order valence-electron chi connectivity index (χ1n) is 3.83. The number of hydrogen-bond acceptors (Lipinski definition) is 3. The molecule has 4 nitrogen and oxygen atoms in total. The Balaban J connectivity index is 3.86. The third-order valence-corrected chi connectivity index (χ3v) is 1.42. The van der Waals surface area contributed by atoms with Crippen molar-refractivity contribution in [3.63, 3.8) is 0 Å². The summed E-state index contributed by atoms with van der Waals surface area (Å²) >= 11 is 0. The van der Waals surface area contributed by atoms with Crippen LogP contribution in [0.5, 0.6) is 0 Å². The SMILES string of the molecule is C[C@H](N)C(=O)NCC(C)(C)C#N. The van der Waals surface area contributed by atoms with Crippen LogP contribution in [-0.4, -0.2) is 18.5 Å². The van der Waals surface area contributed by atoms with E-state index in [-0.39, 0.29) is 5.91 Å². The molecular weight excluding hydrogens is 154 g/mol. The lowest BCUT2D eigenvalue weighted by Gasteiger charge is -2.16. The van der Waals surface area contributed by atoms with Gasteiger partial charge >= 0.3 is 0 Å². The lowest BCUT2D eigenvalue weighted by atomic mass is 9.96. The minimum absolute atomic E-state index is 0.224. The summed E-state index contributed by atoms with van der Waals surface area (Å²) in [6.45, 7) is 5.46. The number of amides is 1. The summed E-state index contributed by atoms with van der Waals surface area (Å²) in [7, 11) is 0. The number of rotatable bonds is 3. The second-order valence-electron chi connectivity index (χ2n) is 3.50. The first kappa shape index (κ1) is 10.9. The summed E-state index contributed by atoms with van der Waals surface area (Å²) in [6.07, 6.45) is 0. The molecule has 1 atom stereocenters. The molecule has 0 spiro atoms. The lowest BCUT2D eigenvalue weighted by molar-refractivity contribution is -0.122. The van der Waals surface area contributed by atoms with Crippen molar-refractivity contribution in [3.8, 4) is 6.07 Å². The Morgan fingerprint density at radius 2 is 2.25 bits per heavy atom. The fraction of sp³-hybridized carbons (Fsp3) is 0.750. The van der Waals surface area contributed by atoms with Gasteiger partial charge in [0, 0.05) is 6.54 Å². The van der Waals surface area contributed by atoms with Gasteiger partial charge in [-0.1, -0.05) is 0 Å². The number of nitrogens with one attached hydrogen (secondary N) is 1. The van der Waals surface area contributed by atoms with Crippen molar-refractivity contribution in [2.45, 2.75) is 26.8 Å². The molecule has 0 aliphatic rings. The van der Waals surface area contributed by atoms with Gasteiger partial charge in [0.15, 0.2) is 0 Å². The van der Waals surface area contributed by atoms with Crippen molar-refractivity contribution < 1.29 is 4.79 Å². The third kappa shape index (κ3) is 3.94. The Morgan fingerprint density at radius 1 is 1.75 bits per heavy atom. The molecule has 0 unspecified atom stereocenters. The van der Waals surface area contributed by atoms with Gasteiger partial charge in [0.2, 0.25) is 5.91 Å². The standard InChI is InChI=1S/C8H15N3O/c1-6(10)7(12)11-5-8(2,3)4-9/h6H,5,10H2,1-3H3,(H,11,12)/t6-/m0/s1. The van der Waals surface area contributed by atoms with E-state index in [1.165, 1.54) is 0 Å². The van der Waals surface area contributed by atoms with Crippen LogP contribution in [0.4, 0.5) is 0 Å². The minimum atomic E-state index is -0.523. The van der Waals surface area contributed by atoms with Crippen molar-refractivity contribution in [2.24, 2.45) is 11.1 Å². The quantitative estimate of drug-likeness (QED) is 0.624. The Morgan fingerprint density at radius 3 is 2.58 bits per heavy atom. The zero-order valence-electron chi connectivity index (χ0n) is 7.72. The maximum absolute atomic E-state index is 11.0. The molecule has 0 aliphatic carbocycles. The summed E-state index contributed by atoms with van der Waals surface area (Å²) in [5.74, 6) is -0.224. The normalized spacial score (nSPS) is 13.2. The zero-order valence-corrected chi connectivity index (χ0v) is 7.72. The van der Waals surface area contributed by atoms with E-state index in [2.05, 4.69) is 11.4 Å². The van der Waals surface area contributed by atoms with Gasteiger partial charge in [-0.2, -0.15) is 5.26 Å². The molecule has 0 saturated heterocycles. The average Bonchev–Trinajstić information content (AvgIpc) is 2.00. The van der Waals surface area contributed by atoms with E-state index in [1.54, 1.807) is 20.8 Å². The van der Waals surface area contributed by atoms with Crippen LogP contribution in [0, 0.1) is 16.7 Å². The van der Waals surface area contributed by atoms with Crippen molar-refractivity contribution >= 4 is 5.91 Å². The van der Waals surface area contributed by atoms with Crippen LogP contribution in [0.2, 0.25) is 0 Å². The van der Waals surface area contributed by atoms with E-state index in [9.17, 15) is 4.79 Å². The summed E-state index contributed by atoms with van der Waals surface area (Å²) in [5.41, 5.74) is 4.79. The monoisotopic (exact) mass is 169 g/mol.